The predicted octanol–water partition coefficient (Wildman–Crippen LogP) is 1.08. The number of ether oxygens (including phenoxy) is 1. The van der Waals surface area contributed by atoms with Crippen LogP contribution in [0.5, 0.6) is 5.75 Å². The smallest absolute Gasteiger partial charge is 0.319 e. The summed E-state index contributed by atoms with van der Waals surface area (Å²) in [5.74, 6) is -0.413. The van der Waals surface area contributed by atoms with E-state index in [-0.39, 0.29) is 18.7 Å². The molecule has 0 aliphatic rings. The fourth-order valence-electron chi connectivity index (χ4n) is 1.13. The average molecular weight is 238 g/mol. The van der Waals surface area contributed by atoms with Gasteiger partial charge in [-0.05, 0) is 12.1 Å². The van der Waals surface area contributed by atoms with Crippen LogP contribution < -0.4 is 10.6 Å². The number of methoxy groups -OCH3 is 1. The second-order valence-electron chi connectivity index (χ2n) is 3.22. The Bertz CT molecular complexity index is 406. The van der Waals surface area contributed by atoms with Crippen LogP contribution in [-0.4, -0.2) is 30.8 Å². The van der Waals surface area contributed by atoms with Crippen LogP contribution in [0.1, 0.15) is 6.42 Å². The van der Waals surface area contributed by atoms with E-state index in [9.17, 15) is 14.7 Å². The van der Waals surface area contributed by atoms with Crippen molar-refractivity contribution in [2.24, 2.45) is 0 Å². The molecule has 0 fully saturated rings. The van der Waals surface area contributed by atoms with Crippen LogP contribution in [0.15, 0.2) is 24.3 Å². The third-order valence-electron chi connectivity index (χ3n) is 1.99. The number of urea groups is 1. The molecule has 0 saturated heterocycles. The number of esters is 1. The molecule has 6 nitrogen and oxygen atoms in total. The molecule has 92 valence electrons. The molecule has 0 aliphatic carbocycles. The Morgan fingerprint density at radius 1 is 1.35 bits per heavy atom. The first kappa shape index (κ1) is 12.8. The number of phenols is 1. The molecule has 0 saturated carbocycles. The number of carbonyl (C=O) groups excluding carboxylic acids is 2. The summed E-state index contributed by atoms with van der Waals surface area (Å²) in [5, 5.41) is 14.3. The first-order valence-corrected chi connectivity index (χ1v) is 5.03. The lowest BCUT2D eigenvalue weighted by Crippen LogP contribution is -2.30. The number of anilines is 1. The lowest BCUT2D eigenvalue weighted by atomic mass is 10.3. The van der Waals surface area contributed by atoms with Crippen LogP contribution >= 0.6 is 0 Å². The lowest BCUT2D eigenvalue weighted by molar-refractivity contribution is -0.140. The highest BCUT2D eigenvalue weighted by molar-refractivity contribution is 5.90. The number of rotatable bonds is 4. The second kappa shape index (κ2) is 6.37. The molecule has 17 heavy (non-hydrogen) atoms. The summed E-state index contributed by atoms with van der Waals surface area (Å²) >= 11 is 0. The van der Waals surface area contributed by atoms with Crippen molar-refractivity contribution in [3.05, 3.63) is 24.3 Å². The van der Waals surface area contributed by atoms with Crippen LogP contribution in [0.2, 0.25) is 0 Å². The SMILES string of the molecule is COC(=O)CCNC(=O)Nc1ccccc1O. The minimum atomic E-state index is -0.490. The fourth-order valence-corrected chi connectivity index (χ4v) is 1.13. The molecular weight excluding hydrogens is 224 g/mol. The maximum absolute atomic E-state index is 11.3. The number of aromatic hydroxyl groups is 1. The van der Waals surface area contributed by atoms with Gasteiger partial charge in [-0.15, -0.1) is 0 Å². The number of carbonyl (C=O) groups is 2. The largest absolute Gasteiger partial charge is 0.506 e. The van der Waals surface area contributed by atoms with Crippen molar-refractivity contribution >= 4 is 17.7 Å². The summed E-state index contributed by atoms with van der Waals surface area (Å²) in [7, 11) is 1.28. The van der Waals surface area contributed by atoms with Crippen molar-refractivity contribution in [3.8, 4) is 5.75 Å². The summed E-state index contributed by atoms with van der Waals surface area (Å²) in [6, 6.07) is 5.87. The molecule has 1 aromatic rings. The molecule has 0 atom stereocenters. The summed E-state index contributed by atoms with van der Waals surface area (Å²) < 4.78 is 4.42. The molecular formula is C11H14N2O4. The van der Waals surface area contributed by atoms with E-state index in [0.717, 1.165) is 0 Å². The minimum absolute atomic E-state index is 0.0179. The third kappa shape index (κ3) is 4.42. The van der Waals surface area contributed by atoms with E-state index in [0.29, 0.717) is 5.69 Å². The number of para-hydroxylation sites is 2. The van der Waals surface area contributed by atoms with Crippen molar-refractivity contribution in [1.29, 1.82) is 0 Å². The van der Waals surface area contributed by atoms with Crippen molar-refractivity contribution in [2.45, 2.75) is 6.42 Å². The molecule has 0 spiro atoms. The van der Waals surface area contributed by atoms with Crippen molar-refractivity contribution in [1.82, 2.24) is 5.32 Å². The molecule has 0 unspecified atom stereocenters. The monoisotopic (exact) mass is 238 g/mol. The van der Waals surface area contributed by atoms with Crippen molar-refractivity contribution < 1.29 is 19.4 Å². The lowest BCUT2D eigenvalue weighted by Gasteiger charge is -2.08. The van der Waals surface area contributed by atoms with Gasteiger partial charge in [0, 0.05) is 6.54 Å². The van der Waals surface area contributed by atoms with Gasteiger partial charge in [0.25, 0.3) is 0 Å². The predicted molar refractivity (Wildman–Crippen MR) is 61.8 cm³/mol. The van der Waals surface area contributed by atoms with Gasteiger partial charge in [0.05, 0.1) is 19.2 Å². The molecule has 1 aromatic carbocycles. The zero-order chi connectivity index (χ0) is 12.7. The normalized spacial score (nSPS) is 9.47. The zero-order valence-electron chi connectivity index (χ0n) is 9.40. The quantitative estimate of drug-likeness (QED) is 0.541. The maximum atomic E-state index is 11.3. The van der Waals surface area contributed by atoms with Gasteiger partial charge in [-0.2, -0.15) is 0 Å². The first-order valence-electron chi connectivity index (χ1n) is 5.03. The van der Waals surface area contributed by atoms with Crippen molar-refractivity contribution in [3.63, 3.8) is 0 Å². The van der Waals surface area contributed by atoms with E-state index in [2.05, 4.69) is 15.4 Å². The number of hydrogen-bond acceptors (Lipinski definition) is 4. The number of phenolic OH excluding ortho intramolecular Hbond substituents is 1. The number of nitrogens with one attached hydrogen (secondary N) is 2. The van der Waals surface area contributed by atoms with E-state index in [4.69, 9.17) is 0 Å². The number of hydrogen-bond donors (Lipinski definition) is 3. The Labute approximate surface area is 98.6 Å². The highest BCUT2D eigenvalue weighted by Crippen LogP contribution is 2.20. The van der Waals surface area contributed by atoms with Gasteiger partial charge in [-0.1, -0.05) is 12.1 Å². The highest BCUT2D eigenvalue weighted by atomic mass is 16.5. The number of benzene rings is 1. The average Bonchev–Trinajstić information content (AvgIpc) is 2.32. The van der Waals surface area contributed by atoms with Gasteiger partial charge < -0.3 is 20.5 Å². The van der Waals surface area contributed by atoms with E-state index < -0.39 is 12.0 Å². The molecule has 0 radical (unpaired) electrons. The summed E-state index contributed by atoms with van der Waals surface area (Å²) in [6.07, 6.45) is 0.102. The number of amides is 2. The fraction of sp³-hybridized carbons (Fsp3) is 0.273. The molecule has 6 heteroatoms. The van der Waals surface area contributed by atoms with E-state index in [1.165, 1.54) is 13.2 Å². The molecule has 0 aromatic heterocycles. The Balaban J connectivity index is 2.35. The summed E-state index contributed by atoms with van der Waals surface area (Å²) in [5.41, 5.74) is 0.308. The zero-order valence-corrected chi connectivity index (χ0v) is 9.40. The Kier molecular flexibility index (Phi) is 4.80. The van der Waals surface area contributed by atoms with Crippen LogP contribution in [0.3, 0.4) is 0 Å². The minimum Gasteiger partial charge on any atom is -0.506 e. The van der Waals surface area contributed by atoms with Gasteiger partial charge in [0.2, 0.25) is 0 Å². The third-order valence-corrected chi connectivity index (χ3v) is 1.99. The Morgan fingerprint density at radius 2 is 2.06 bits per heavy atom. The van der Waals surface area contributed by atoms with Crippen LogP contribution in [0.4, 0.5) is 10.5 Å². The molecule has 2 amide bonds. The molecule has 3 N–H and O–H groups in total. The maximum Gasteiger partial charge on any atom is 0.319 e. The van der Waals surface area contributed by atoms with E-state index in [1.54, 1.807) is 18.2 Å². The molecule has 1 rings (SSSR count). The van der Waals surface area contributed by atoms with Crippen LogP contribution in [-0.2, 0) is 9.53 Å². The molecule has 0 heterocycles. The summed E-state index contributed by atoms with van der Waals surface area (Å²) in [6.45, 7) is 0.173. The van der Waals surface area contributed by atoms with Crippen molar-refractivity contribution in [2.75, 3.05) is 19.0 Å². The summed E-state index contributed by atoms with van der Waals surface area (Å²) in [4.78, 5) is 22.1. The standard InChI is InChI=1S/C11H14N2O4/c1-17-10(15)6-7-12-11(16)13-8-4-2-3-5-9(8)14/h2-5,14H,6-7H2,1H3,(H2,12,13,16). The van der Waals surface area contributed by atoms with Crippen LogP contribution in [0.25, 0.3) is 0 Å². The topological polar surface area (TPSA) is 87.7 Å². The molecule has 0 aliphatic heterocycles. The van der Waals surface area contributed by atoms with Gasteiger partial charge in [0.15, 0.2) is 0 Å². The van der Waals surface area contributed by atoms with Gasteiger partial charge in [0.1, 0.15) is 5.75 Å². The first-order chi connectivity index (χ1) is 8.13. The second-order valence-corrected chi connectivity index (χ2v) is 3.22. The highest BCUT2D eigenvalue weighted by Gasteiger charge is 2.06. The van der Waals surface area contributed by atoms with Gasteiger partial charge in [-0.25, -0.2) is 4.79 Å². The van der Waals surface area contributed by atoms with Gasteiger partial charge >= 0.3 is 12.0 Å². The van der Waals surface area contributed by atoms with Gasteiger partial charge in [-0.3, -0.25) is 4.79 Å². The van der Waals surface area contributed by atoms with E-state index in [1.807, 2.05) is 0 Å². The van der Waals surface area contributed by atoms with E-state index >= 15 is 0 Å². The Hall–Kier alpha value is -2.24. The Morgan fingerprint density at radius 3 is 2.71 bits per heavy atom. The van der Waals surface area contributed by atoms with Crippen LogP contribution in [0, 0.1) is 0 Å². The molecule has 0 bridgehead atoms.